The summed E-state index contributed by atoms with van der Waals surface area (Å²) in [6.45, 7) is 6.20. The Labute approximate surface area is 138 Å². The van der Waals surface area contributed by atoms with Crippen LogP contribution in [0.1, 0.15) is 31.7 Å². The predicted molar refractivity (Wildman–Crippen MR) is 88.5 cm³/mol. The second kappa shape index (κ2) is 9.63. The van der Waals surface area contributed by atoms with Gasteiger partial charge in [-0.15, -0.1) is 0 Å². The Bertz CT molecular complexity index is 496. The quantitative estimate of drug-likeness (QED) is 0.748. The molecule has 1 heterocycles. The summed E-state index contributed by atoms with van der Waals surface area (Å²) in [5, 5.41) is 2.99. The zero-order chi connectivity index (χ0) is 16.5. The van der Waals surface area contributed by atoms with Crippen LogP contribution in [0.25, 0.3) is 0 Å². The van der Waals surface area contributed by atoms with Crippen molar-refractivity contribution in [2.75, 3.05) is 32.8 Å². The van der Waals surface area contributed by atoms with E-state index in [1.807, 2.05) is 19.1 Å². The van der Waals surface area contributed by atoms with Gasteiger partial charge < -0.3 is 10.1 Å². The first-order valence-electron chi connectivity index (χ1n) is 8.52. The van der Waals surface area contributed by atoms with Crippen LogP contribution < -0.4 is 5.32 Å². The summed E-state index contributed by atoms with van der Waals surface area (Å²) >= 11 is 0. The number of hydrogen-bond donors (Lipinski definition) is 1. The van der Waals surface area contributed by atoms with E-state index in [-0.39, 0.29) is 17.6 Å². The summed E-state index contributed by atoms with van der Waals surface area (Å²) in [6.07, 6.45) is 2.72. The van der Waals surface area contributed by atoms with Gasteiger partial charge in [-0.2, -0.15) is 0 Å². The number of piperidine rings is 1. The maximum atomic E-state index is 13.8. The molecule has 1 aromatic rings. The summed E-state index contributed by atoms with van der Waals surface area (Å²) in [5.74, 6) is -0.0580. The fraction of sp³-hybridized carbons (Fsp3) is 0.611. The number of halogens is 1. The predicted octanol–water partition coefficient (Wildman–Crippen LogP) is 2.58. The standard InChI is InChI=1S/C18H27FN2O2/c1-2-23-12-6-10-20-18(22)16-8-5-11-21(14-16)13-15-7-3-4-9-17(15)19/h3-4,7,9,16H,2,5-6,8,10-14H2,1H3,(H,20,22). The van der Waals surface area contributed by atoms with E-state index in [2.05, 4.69) is 10.2 Å². The molecule has 0 aromatic heterocycles. The molecule has 0 saturated carbocycles. The second-order valence-electron chi connectivity index (χ2n) is 6.01. The SMILES string of the molecule is CCOCCCNC(=O)C1CCCN(Cc2ccccc2F)C1. The number of rotatable bonds is 8. The number of carbonyl (C=O) groups excluding carboxylic acids is 1. The van der Waals surface area contributed by atoms with Gasteiger partial charge in [-0.25, -0.2) is 4.39 Å². The molecule has 2 rings (SSSR count). The lowest BCUT2D eigenvalue weighted by molar-refractivity contribution is -0.126. The molecular weight excluding hydrogens is 295 g/mol. The van der Waals surface area contributed by atoms with E-state index in [9.17, 15) is 9.18 Å². The summed E-state index contributed by atoms with van der Waals surface area (Å²) in [7, 11) is 0. The number of benzene rings is 1. The molecular formula is C18H27FN2O2. The molecule has 5 heteroatoms. The van der Waals surface area contributed by atoms with Gasteiger partial charge in [-0.05, 0) is 38.8 Å². The summed E-state index contributed by atoms with van der Waals surface area (Å²) in [4.78, 5) is 14.4. The van der Waals surface area contributed by atoms with Crippen LogP contribution in [0.5, 0.6) is 0 Å². The lowest BCUT2D eigenvalue weighted by Gasteiger charge is -2.32. The van der Waals surface area contributed by atoms with Gasteiger partial charge in [-0.3, -0.25) is 9.69 Å². The van der Waals surface area contributed by atoms with Gasteiger partial charge in [0, 0.05) is 38.4 Å². The summed E-state index contributed by atoms with van der Waals surface area (Å²) < 4.78 is 19.0. The van der Waals surface area contributed by atoms with Gasteiger partial charge >= 0.3 is 0 Å². The van der Waals surface area contributed by atoms with E-state index < -0.39 is 0 Å². The average Bonchev–Trinajstić information content (AvgIpc) is 2.57. The lowest BCUT2D eigenvalue weighted by Crippen LogP contribution is -2.43. The third kappa shape index (κ3) is 5.92. The molecule has 1 amide bonds. The van der Waals surface area contributed by atoms with Gasteiger partial charge in [0.25, 0.3) is 0 Å². The minimum absolute atomic E-state index is 0.00242. The third-order valence-corrected chi connectivity index (χ3v) is 4.20. The third-order valence-electron chi connectivity index (χ3n) is 4.20. The summed E-state index contributed by atoms with van der Waals surface area (Å²) in [6, 6.07) is 6.85. The van der Waals surface area contributed by atoms with E-state index in [1.54, 1.807) is 6.07 Å². The van der Waals surface area contributed by atoms with Crippen LogP contribution in [0.3, 0.4) is 0 Å². The van der Waals surface area contributed by atoms with E-state index in [0.717, 1.165) is 25.8 Å². The Kier molecular flexibility index (Phi) is 7.49. The lowest BCUT2D eigenvalue weighted by atomic mass is 9.96. The smallest absolute Gasteiger partial charge is 0.224 e. The molecule has 128 valence electrons. The Balaban J connectivity index is 1.76. The number of nitrogens with zero attached hydrogens (tertiary/aromatic N) is 1. The highest BCUT2D eigenvalue weighted by Crippen LogP contribution is 2.19. The summed E-state index contributed by atoms with van der Waals surface area (Å²) in [5.41, 5.74) is 0.699. The molecule has 1 atom stereocenters. The number of carbonyl (C=O) groups is 1. The zero-order valence-electron chi connectivity index (χ0n) is 13.9. The number of likely N-dealkylation sites (tertiary alicyclic amines) is 1. The van der Waals surface area contributed by atoms with Gasteiger partial charge in [0.05, 0.1) is 5.92 Å². The van der Waals surface area contributed by atoms with Crippen LogP contribution in [0.2, 0.25) is 0 Å². The molecule has 1 aliphatic heterocycles. The van der Waals surface area contributed by atoms with Gasteiger partial charge in [-0.1, -0.05) is 18.2 Å². The number of hydrogen-bond acceptors (Lipinski definition) is 3. The van der Waals surface area contributed by atoms with Crippen molar-refractivity contribution in [3.05, 3.63) is 35.6 Å². The van der Waals surface area contributed by atoms with Gasteiger partial charge in [0.15, 0.2) is 0 Å². The maximum absolute atomic E-state index is 13.8. The van der Waals surface area contributed by atoms with Crippen LogP contribution in [0, 0.1) is 11.7 Å². The molecule has 0 spiro atoms. The highest BCUT2D eigenvalue weighted by atomic mass is 19.1. The second-order valence-corrected chi connectivity index (χ2v) is 6.01. The Morgan fingerprint density at radius 1 is 1.43 bits per heavy atom. The molecule has 23 heavy (non-hydrogen) atoms. The van der Waals surface area contributed by atoms with Crippen molar-refractivity contribution in [3.8, 4) is 0 Å². The van der Waals surface area contributed by atoms with Crippen molar-refractivity contribution in [1.29, 1.82) is 0 Å². The first-order valence-corrected chi connectivity index (χ1v) is 8.52. The Hall–Kier alpha value is -1.46. The molecule has 1 N–H and O–H groups in total. The Morgan fingerprint density at radius 3 is 3.04 bits per heavy atom. The molecule has 4 nitrogen and oxygen atoms in total. The van der Waals surface area contributed by atoms with E-state index in [1.165, 1.54) is 6.07 Å². The molecule has 1 saturated heterocycles. The van der Waals surface area contributed by atoms with Crippen molar-refractivity contribution in [2.24, 2.45) is 5.92 Å². The van der Waals surface area contributed by atoms with Crippen LogP contribution in [-0.2, 0) is 16.1 Å². The normalized spacial score (nSPS) is 18.8. The van der Waals surface area contributed by atoms with Crippen LogP contribution >= 0.6 is 0 Å². The molecule has 1 fully saturated rings. The van der Waals surface area contributed by atoms with E-state index in [4.69, 9.17) is 4.74 Å². The van der Waals surface area contributed by atoms with Gasteiger partial charge in [0.1, 0.15) is 5.82 Å². The molecule has 1 aromatic carbocycles. The fourth-order valence-corrected chi connectivity index (χ4v) is 2.96. The topological polar surface area (TPSA) is 41.6 Å². The first-order chi connectivity index (χ1) is 11.2. The highest BCUT2D eigenvalue weighted by molar-refractivity contribution is 5.78. The van der Waals surface area contributed by atoms with E-state index in [0.29, 0.717) is 38.4 Å². The highest BCUT2D eigenvalue weighted by Gasteiger charge is 2.25. The minimum atomic E-state index is -0.171. The number of ether oxygens (including phenoxy) is 1. The molecule has 0 bridgehead atoms. The number of amides is 1. The maximum Gasteiger partial charge on any atom is 0.224 e. The van der Waals surface area contributed by atoms with Crippen molar-refractivity contribution in [3.63, 3.8) is 0 Å². The number of nitrogens with one attached hydrogen (secondary N) is 1. The van der Waals surface area contributed by atoms with Crippen molar-refractivity contribution >= 4 is 5.91 Å². The van der Waals surface area contributed by atoms with Crippen molar-refractivity contribution < 1.29 is 13.9 Å². The Morgan fingerprint density at radius 2 is 2.26 bits per heavy atom. The molecule has 0 aliphatic carbocycles. The molecule has 1 unspecified atom stereocenters. The molecule has 0 radical (unpaired) electrons. The van der Waals surface area contributed by atoms with Crippen molar-refractivity contribution in [2.45, 2.75) is 32.7 Å². The minimum Gasteiger partial charge on any atom is -0.382 e. The van der Waals surface area contributed by atoms with E-state index >= 15 is 0 Å². The van der Waals surface area contributed by atoms with Crippen molar-refractivity contribution in [1.82, 2.24) is 10.2 Å². The monoisotopic (exact) mass is 322 g/mol. The molecule has 1 aliphatic rings. The average molecular weight is 322 g/mol. The van der Waals surface area contributed by atoms with Gasteiger partial charge in [0.2, 0.25) is 5.91 Å². The fourth-order valence-electron chi connectivity index (χ4n) is 2.96. The first kappa shape index (κ1) is 17.9. The van der Waals surface area contributed by atoms with Crippen LogP contribution in [0.15, 0.2) is 24.3 Å². The largest absolute Gasteiger partial charge is 0.382 e. The van der Waals surface area contributed by atoms with Crippen LogP contribution in [0.4, 0.5) is 4.39 Å². The van der Waals surface area contributed by atoms with Crippen LogP contribution in [-0.4, -0.2) is 43.7 Å². The zero-order valence-corrected chi connectivity index (χ0v) is 13.9.